The van der Waals surface area contributed by atoms with Crippen molar-refractivity contribution in [2.75, 3.05) is 0 Å². The molecule has 7 aromatic carbocycles. The highest BCUT2D eigenvalue weighted by Gasteiger charge is 2.22. The zero-order chi connectivity index (χ0) is 30.2. The highest BCUT2D eigenvalue weighted by molar-refractivity contribution is 6.30. The Morgan fingerprint density at radius 3 is 1.91 bits per heavy atom. The van der Waals surface area contributed by atoms with Gasteiger partial charge in [-0.2, -0.15) is 0 Å². The van der Waals surface area contributed by atoms with Crippen LogP contribution in [0, 0.1) is 0 Å². The minimum Gasteiger partial charge on any atom is -0.455 e. The van der Waals surface area contributed by atoms with Gasteiger partial charge in [-0.1, -0.05) is 121 Å². The van der Waals surface area contributed by atoms with Crippen LogP contribution < -0.4 is 0 Å². The molecule has 0 N–H and O–H groups in total. The Morgan fingerprint density at radius 2 is 1.11 bits per heavy atom. The largest absolute Gasteiger partial charge is 0.455 e. The summed E-state index contributed by atoms with van der Waals surface area (Å²) in [5.74, 6) is 0.645. The number of hydrogen-bond donors (Lipinski definition) is 0. The van der Waals surface area contributed by atoms with Crippen LogP contribution in [0.15, 0.2) is 156 Å². The molecule has 0 saturated heterocycles. The number of hydrogen-bond acceptors (Lipinski definition) is 3. The molecule has 10 aromatic rings. The van der Waals surface area contributed by atoms with E-state index in [1.54, 1.807) is 0 Å². The molecule has 0 aliphatic heterocycles. The molecule has 46 heavy (non-hydrogen) atoms. The van der Waals surface area contributed by atoms with Gasteiger partial charge >= 0.3 is 0 Å². The number of rotatable bonds is 3. The second-order valence-electron chi connectivity index (χ2n) is 11.8. The van der Waals surface area contributed by atoms with Crippen LogP contribution in [0.3, 0.4) is 0 Å². The maximum atomic E-state index is 6.72. The van der Waals surface area contributed by atoms with Crippen molar-refractivity contribution in [2.45, 2.75) is 0 Å². The van der Waals surface area contributed by atoms with Gasteiger partial charge in [0.25, 0.3) is 0 Å². The van der Waals surface area contributed by atoms with Crippen LogP contribution >= 0.6 is 0 Å². The molecule has 10 rings (SSSR count). The molecule has 3 heterocycles. The quantitative estimate of drug-likeness (QED) is 0.207. The Bertz CT molecular complexity index is 2790. The second kappa shape index (κ2) is 9.62. The molecule has 0 unspecified atom stereocenters. The molecule has 0 bridgehead atoms. The molecule has 0 radical (unpaired) electrons. The van der Waals surface area contributed by atoms with Crippen LogP contribution in [0.1, 0.15) is 0 Å². The first-order valence-corrected chi connectivity index (χ1v) is 15.5. The summed E-state index contributed by atoms with van der Waals surface area (Å²) in [6, 6.07) is 52.9. The molecule has 0 atom stereocenters. The molecular weight excluding hydrogens is 562 g/mol. The topological polar surface area (TPSA) is 43.9 Å². The molecule has 214 valence electrons. The molecule has 4 heteroatoms. The lowest BCUT2D eigenvalue weighted by molar-refractivity contribution is 0.673. The minimum absolute atomic E-state index is 0.645. The Hall–Kier alpha value is -6.26. The molecule has 4 nitrogen and oxygen atoms in total. The summed E-state index contributed by atoms with van der Waals surface area (Å²) in [6.45, 7) is 0. The second-order valence-corrected chi connectivity index (χ2v) is 11.8. The van der Waals surface area contributed by atoms with E-state index in [1.165, 1.54) is 16.5 Å². The van der Waals surface area contributed by atoms with Crippen molar-refractivity contribution >= 4 is 65.4 Å². The van der Waals surface area contributed by atoms with Gasteiger partial charge in [0.05, 0.1) is 22.2 Å². The monoisotopic (exact) mass is 587 g/mol. The Balaban J connectivity index is 1.35. The fraction of sp³-hybridized carbons (Fsp3) is 0. The van der Waals surface area contributed by atoms with E-state index in [0.29, 0.717) is 5.95 Å². The van der Waals surface area contributed by atoms with E-state index in [4.69, 9.17) is 14.4 Å². The lowest BCUT2D eigenvalue weighted by Gasteiger charge is -2.11. The van der Waals surface area contributed by atoms with Crippen LogP contribution in [-0.2, 0) is 0 Å². The average Bonchev–Trinajstić information content (AvgIpc) is 3.67. The van der Waals surface area contributed by atoms with Gasteiger partial charge in [-0.15, -0.1) is 0 Å². The Morgan fingerprint density at radius 1 is 0.457 bits per heavy atom. The molecule has 0 amide bonds. The van der Waals surface area contributed by atoms with Gasteiger partial charge < -0.3 is 4.42 Å². The fourth-order valence-electron chi connectivity index (χ4n) is 7.20. The number of aromatic nitrogens is 3. The molecule has 0 saturated carbocycles. The van der Waals surface area contributed by atoms with E-state index in [0.717, 1.165) is 71.3 Å². The first-order chi connectivity index (χ1) is 22.8. The standard InChI is InChI=1S/C42H25N3O/c1-3-13-26(14-4-1)32-25-33-39-37(46-41(33)29-18-8-7-17-28(29)32)24-23-36-38(39)31-20-10-12-22-35(31)45(36)42-43-34-21-11-9-19-30(34)40(44-42)27-15-5-2-6-16-27/h1-25H. The van der Waals surface area contributed by atoms with Crippen molar-refractivity contribution < 1.29 is 4.42 Å². The summed E-state index contributed by atoms with van der Waals surface area (Å²) in [6.07, 6.45) is 0. The fourth-order valence-corrected chi connectivity index (χ4v) is 7.20. The van der Waals surface area contributed by atoms with Crippen LogP contribution in [0.2, 0.25) is 0 Å². The normalized spacial score (nSPS) is 11.9. The number of fused-ring (bicyclic) bond motifs is 10. The first-order valence-electron chi connectivity index (χ1n) is 15.5. The molecule has 3 aromatic heterocycles. The van der Waals surface area contributed by atoms with Gasteiger partial charge in [-0.25, -0.2) is 9.97 Å². The van der Waals surface area contributed by atoms with Crippen molar-refractivity contribution in [2.24, 2.45) is 0 Å². The van der Waals surface area contributed by atoms with E-state index in [2.05, 4.69) is 138 Å². The van der Waals surface area contributed by atoms with Gasteiger partial charge in [0.2, 0.25) is 5.95 Å². The van der Waals surface area contributed by atoms with Crippen LogP contribution in [0.4, 0.5) is 0 Å². The van der Waals surface area contributed by atoms with Crippen LogP contribution in [0.25, 0.3) is 93.8 Å². The van der Waals surface area contributed by atoms with Crippen molar-refractivity contribution in [1.82, 2.24) is 14.5 Å². The predicted molar refractivity (Wildman–Crippen MR) is 190 cm³/mol. The lowest BCUT2D eigenvalue weighted by Crippen LogP contribution is -2.03. The predicted octanol–water partition coefficient (Wildman–Crippen LogP) is 11.1. The minimum atomic E-state index is 0.645. The van der Waals surface area contributed by atoms with Crippen LogP contribution in [0.5, 0.6) is 0 Å². The summed E-state index contributed by atoms with van der Waals surface area (Å²) < 4.78 is 8.93. The van der Waals surface area contributed by atoms with Crippen molar-refractivity contribution in [3.63, 3.8) is 0 Å². The Labute approximate surface area is 263 Å². The van der Waals surface area contributed by atoms with Crippen LogP contribution in [-0.4, -0.2) is 14.5 Å². The van der Waals surface area contributed by atoms with Crippen molar-refractivity contribution in [1.29, 1.82) is 0 Å². The molecule has 0 spiro atoms. The Kier molecular flexibility index (Phi) is 5.25. The first kappa shape index (κ1) is 25.1. The van der Waals surface area contributed by atoms with Gasteiger partial charge in [0.1, 0.15) is 11.2 Å². The van der Waals surface area contributed by atoms with E-state index >= 15 is 0 Å². The maximum Gasteiger partial charge on any atom is 0.235 e. The van der Waals surface area contributed by atoms with Gasteiger partial charge in [-0.05, 0) is 46.8 Å². The summed E-state index contributed by atoms with van der Waals surface area (Å²) >= 11 is 0. The van der Waals surface area contributed by atoms with Gasteiger partial charge in [0, 0.05) is 37.9 Å². The molecule has 0 fully saturated rings. The lowest BCUT2D eigenvalue weighted by atomic mass is 9.94. The van der Waals surface area contributed by atoms with E-state index < -0.39 is 0 Å². The summed E-state index contributed by atoms with van der Waals surface area (Å²) in [5, 5.41) is 7.80. The van der Waals surface area contributed by atoms with Gasteiger partial charge in [0.15, 0.2) is 0 Å². The average molecular weight is 588 g/mol. The highest BCUT2D eigenvalue weighted by atomic mass is 16.3. The molecule has 0 aliphatic rings. The van der Waals surface area contributed by atoms with Gasteiger partial charge in [-0.3, -0.25) is 4.57 Å². The smallest absolute Gasteiger partial charge is 0.235 e. The zero-order valence-electron chi connectivity index (χ0n) is 24.7. The van der Waals surface area contributed by atoms with Crippen molar-refractivity contribution in [3.05, 3.63) is 152 Å². The SMILES string of the molecule is c1ccc(-c2nc(-n3c4ccccc4c4c5c(ccc43)oc3c4ccccc4c(-c4ccccc4)cc35)nc3ccccc23)cc1. The number of benzene rings is 7. The third-order valence-corrected chi connectivity index (χ3v) is 9.20. The van der Waals surface area contributed by atoms with E-state index in [1.807, 2.05) is 18.2 Å². The zero-order valence-corrected chi connectivity index (χ0v) is 24.7. The third-order valence-electron chi connectivity index (χ3n) is 9.20. The number of nitrogens with zero attached hydrogens (tertiary/aromatic N) is 3. The summed E-state index contributed by atoms with van der Waals surface area (Å²) in [4.78, 5) is 10.4. The molecular formula is C42H25N3O. The van der Waals surface area contributed by atoms with E-state index in [9.17, 15) is 0 Å². The third kappa shape index (κ3) is 3.55. The number of para-hydroxylation sites is 2. The van der Waals surface area contributed by atoms with E-state index in [-0.39, 0.29) is 0 Å². The molecule has 0 aliphatic carbocycles. The maximum absolute atomic E-state index is 6.72. The summed E-state index contributed by atoms with van der Waals surface area (Å²) in [7, 11) is 0. The summed E-state index contributed by atoms with van der Waals surface area (Å²) in [5.41, 5.74) is 9.13. The van der Waals surface area contributed by atoms with Crippen molar-refractivity contribution in [3.8, 4) is 28.3 Å². The number of furan rings is 1. The highest BCUT2D eigenvalue weighted by Crippen LogP contribution is 2.45.